The third-order valence-electron chi connectivity index (χ3n) is 3.15. The van der Waals surface area contributed by atoms with Crippen LogP contribution in [0.15, 0.2) is 42.5 Å². The lowest BCUT2D eigenvalue weighted by Crippen LogP contribution is -2.35. The Morgan fingerprint density at radius 1 is 1.05 bits per heavy atom. The molecule has 1 heterocycles. The average molecular weight is 270 g/mol. The Morgan fingerprint density at radius 2 is 1.80 bits per heavy atom. The van der Waals surface area contributed by atoms with Crippen molar-refractivity contribution >= 4 is 12.6 Å². The fourth-order valence-corrected chi connectivity index (χ4v) is 2.24. The Kier molecular flexibility index (Phi) is 4.90. The van der Waals surface area contributed by atoms with E-state index in [1.807, 2.05) is 44.3 Å². The number of pyridine rings is 1. The van der Waals surface area contributed by atoms with E-state index < -0.39 is 7.12 Å². The molecule has 20 heavy (non-hydrogen) atoms. The zero-order chi connectivity index (χ0) is 14.5. The minimum Gasteiger partial charge on any atom is -0.423 e. The highest BCUT2D eigenvalue weighted by molar-refractivity contribution is 6.59. The Labute approximate surface area is 119 Å². The molecule has 0 aliphatic heterocycles. The molecule has 0 saturated carbocycles. The van der Waals surface area contributed by atoms with Crippen molar-refractivity contribution < 1.29 is 10.0 Å². The summed E-state index contributed by atoms with van der Waals surface area (Å²) in [6.45, 7) is 3.34. The van der Waals surface area contributed by atoms with Gasteiger partial charge in [-0.25, -0.2) is 0 Å². The molecule has 0 unspecified atom stereocenters. The molecule has 1 aromatic heterocycles. The molecule has 0 bridgehead atoms. The molecule has 5 heteroatoms. The van der Waals surface area contributed by atoms with Crippen molar-refractivity contribution in [1.82, 2.24) is 9.88 Å². The van der Waals surface area contributed by atoms with Gasteiger partial charge in [0.25, 0.3) is 0 Å². The van der Waals surface area contributed by atoms with E-state index in [-0.39, 0.29) is 0 Å². The van der Waals surface area contributed by atoms with E-state index in [9.17, 15) is 10.0 Å². The van der Waals surface area contributed by atoms with Gasteiger partial charge in [-0.2, -0.15) is 0 Å². The quantitative estimate of drug-likeness (QED) is 0.785. The van der Waals surface area contributed by atoms with E-state index in [1.165, 1.54) is 0 Å². The van der Waals surface area contributed by atoms with Gasteiger partial charge in [0.05, 0.1) is 5.69 Å². The number of rotatable bonds is 5. The molecule has 0 aliphatic carbocycles. The highest BCUT2D eigenvalue weighted by Crippen LogP contribution is 2.06. The lowest BCUT2D eigenvalue weighted by atomic mass is 9.77. The first-order chi connectivity index (χ1) is 9.56. The maximum atomic E-state index is 9.37. The molecule has 2 N–H and O–H groups in total. The zero-order valence-corrected chi connectivity index (χ0v) is 11.8. The summed E-state index contributed by atoms with van der Waals surface area (Å²) in [5.41, 5.74) is 3.48. The van der Waals surface area contributed by atoms with Gasteiger partial charge in [0.1, 0.15) is 0 Å². The second kappa shape index (κ2) is 6.66. The van der Waals surface area contributed by atoms with Crippen molar-refractivity contribution in [2.24, 2.45) is 0 Å². The van der Waals surface area contributed by atoms with Crippen LogP contribution >= 0.6 is 0 Å². The van der Waals surface area contributed by atoms with Crippen LogP contribution in [0.2, 0.25) is 0 Å². The first-order valence-corrected chi connectivity index (χ1v) is 6.61. The molecule has 0 saturated heterocycles. The van der Waals surface area contributed by atoms with Crippen LogP contribution in [-0.4, -0.2) is 34.1 Å². The van der Waals surface area contributed by atoms with Crippen LogP contribution in [0.5, 0.6) is 0 Å². The maximum absolute atomic E-state index is 9.37. The molecule has 0 spiro atoms. The number of aromatic nitrogens is 1. The van der Waals surface area contributed by atoms with Gasteiger partial charge < -0.3 is 10.0 Å². The molecule has 104 valence electrons. The Bertz CT molecular complexity index is 575. The fourth-order valence-electron chi connectivity index (χ4n) is 2.24. The third kappa shape index (κ3) is 3.90. The van der Waals surface area contributed by atoms with Crippen LogP contribution in [0, 0.1) is 6.92 Å². The van der Waals surface area contributed by atoms with Gasteiger partial charge in [-0.15, -0.1) is 0 Å². The number of hydrogen-bond acceptors (Lipinski definition) is 4. The van der Waals surface area contributed by atoms with Crippen molar-refractivity contribution in [2.45, 2.75) is 20.0 Å². The summed E-state index contributed by atoms with van der Waals surface area (Å²) >= 11 is 0. The minimum absolute atomic E-state index is 0.552. The Morgan fingerprint density at radius 3 is 2.50 bits per heavy atom. The molecule has 0 radical (unpaired) electrons. The SMILES string of the molecule is Cc1cccc(CN(C)Cc2ccccc2B(O)O)n1. The van der Waals surface area contributed by atoms with Gasteiger partial charge in [-0.1, -0.05) is 30.3 Å². The van der Waals surface area contributed by atoms with Gasteiger partial charge in [-0.05, 0) is 37.1 Å². The second-order valence-corrected chi connectivity index (χ2v) is 5.02. The van der Waals surface area contributed by atoms with Crippen LogP contribution in [0.4, 0.5) is 0 Å². The molecule has 0 fully saturated rings. The largest absolute Gasteiger partial charge is 0.488 e. The highest BCUT2D eigenvalue weighted by atomic mass is 16.4. The molecular weight excluding hydrogens is 251 g/mol. The summed E-state index contributed by atoms with van der Waals surface area (Å²) in [6.07, 6.45) is 0. The van der Waals surface area contributed by atoms with Crippen molar-refractivity contribution in [3.05, 3.63) is 59.4 Å². The van der Waals surface area contributed by atoms with Crippen molar-refractivity contribution in [2.75, 3.05) is 7.05 Å². The van der Waals surface area contributed by atoms with E-state index in [0.717, 1.165) is 23.5 Å². The van der Waals surface area contributed by atoms with Crippen molar-refractivity contribution in [1.29, 1.82) is 0 Å². The number of benzene rings is 1. The predicted molar refractivity (Wildman–Crippen MR) is 80.4 cm³/mol. The second-order valence-electron chi connectivity index (χ2n) is 5.02. The van der Waals surface area contributed by atoms with Gasteiger partial charge in [0.15, 0.2) is 0 Å². The molecule has 4 nitrogen and oxygen atoms in total. The molecule has 2 rings (SSSR count). The van der Waals surface area contributed by atoms with Gasteiger partial charge in [-0.3, -0.25) is 9.88 Å². The standard InChI is InChI=1S/C15H19BN2O2/c1-12-6-5-8-14(17-12)11-18(2)10-13-7-3-4-9-15(13)16(19)20/h3-9,19-20H,10-11H2,1-2H3. The monoisotopic (exact) mass is 270 g/mol. The molecule has 2 aromatic rings. The van der Waals surface area contributed by atoms with Gasteiger partial charge in [0.2, 0.25) is 0 Å². The van der Waals surface area contributed by atoms with Crippen molar-refractivity contribution in [3.63, 3.8) is 0 Å². The maximum Gasteiger partial charge on any atom is 0.488 e. The third-order valence-corrected chi connectivity index (χ3v) is 3.15. The Balaban J connectivity index is 2.06. The number of nitrogens with zero attached hydrogens (tertiary/aromatic N) is 2. The summed E-state index contributed by atoms with van der Waals surface area (Å²) < 4.78 is 0. The summed E-state index contributed by atoms with van der Waals surface area (Å²) in [5.74, 6) is 0. The summed E-state index contributed by atoms with van der Waals surface area (Å²) in [4.78, 5) is 6.57. The van der Waals surface area contributed by atoms with E-state index in [2.05, 4.69) is 9.88 Å². The molecule has 0 amide bonds. The fraction of sp³-hybridized carbons (Fsp3) is 0.267. The van der Waals surface area contributed by atoms with Gasteiger partial charge >= 0.3 is 7.12 Å². The molecule has 0 aliphatic rings. The molecule has 0 atom stereocenters. The summed E-state index contributed by atoms with van der Waals surface area (Å²) in [6, 6.07) is 13.3. The van der Waals surface area contributed by atoms with Crippen LogP contribution in [0.3, 0.4) is 0 Å². The lowest BCUT2D eigenvalue weighted by Gasteiger charge is -2.18. The average Bonchev–Trinajstić information content (AvgIpc) is 2.38. The predicted octanol–water partition coefficient (Wildman–Crippen LogP) is 0.702. The smallest absolute Gasteiger partial charge is 0.423 e. The molecular formula is C15H19BN2O2. The van der Waals surface area contributed by atoms with E-state index in [0.29, 0.717) is 12.0 Å². The van der Waals surface area contributed by atoms with E-state index in [1.54, 1.807) is 12.1 Å². The normalized spacial score (nSPS) is 10.8. The van der Waals surface area contributed by atoms with Crippen LogP contribution in [0.1, 0.15) is 17.0 Å². The van der Waals surface area contributed by atoms with Gasteiger partial charge in [0, 0.05) is 18.8 Å². The number of aryl methyl sites for hydroxylation is 1. The van der Waals surface area contributed by atoms with Crippen LogP contribution in [-0.2, 0) is 13.1 Å². The van der Waals surface area contributed by atoms with E-state index in [4.69, 9.17) is 0 Å². The minimum atomic E-state index is -1.43. The molecule has 1 aromatic carbocycles. The van der Waals surface area contributed by atoms with Crippen molar-refractivity contribution in [3.8, 4) is 0 Å². The lowest BCUT2D eigenvalue weighted by molar-refractivity contribution is 0.315. The summed E-state index contributed by atoms with van der Waals surface area (Å²) in [7, 11) is 0.557. The first kappa shape index (κ1) is 14.7. The number of hydrogen-bond donors (Lipinski definition) is 2. The first-order valence-electron chi connectivity index (χ1n) is 6.61. The summed E-state index contributed by atoms with van der Waals surface area (Å²) in [5, 5.41) is 18.7. The highest BCUT2D eigenvalue weighted by Gasteiger charge is 2.16. The van der Waals surface area contributed by atoms with Crippen LogP contribution in [0.25, 0.3) is 0 Å². The van der Waals surface area contributed by atoms with E-state index >= 15 is 0 Å². The van der Waals surface area contributed by atoms with Crippen LogP contribution < -0.4 is 5.46 Å². The zero-order valence-electron chi connectivity index (χ0n) is 11.8. The Hall–Kier alpha value is -1.69. The topological polar surface area (TPSA) is 56.6 Å².